The number of Topliss-reactive ketones (excluding diaryl/α,β-unsaturated/α-hetero) is 1. The predicted molar refractivity (Wildman–Crippen MR) is 171 cm³/mol. The van der Waals surface area contributed by atoms with Crippen LogP contribution in [-0.4, -0.2) is 38.9 Å². The minimum atomic E-state index is -1.41. The van der Waals surface area contributed by atoms with E-state index in [4.69, 9.17) is 11.6 Å². The molecule has 6 atom stereocenters. The van der Waals surface area contributed by atoms with E-state index in [-0.39, 0.29) is 35.6 Å². The van der Waals surface area contributed by atoms with Gasteiger partial charge in [0.1, 0.15) is 5.75 Å². The summed E-state index contributed by atoms with van der Waals surface area (Å²) in [5.41, 5.74) is 0.732. The fourth-order valence-electron chi connectivity index (χ4n) is 8.64. The van der Waals surface area contributed by atoms with Gasteiger partial charge in [-0.25, -0.2) is 0 Å². The molecule has 0 unspecified atom stereocenters. The second kappa shape index (κ2) is 10.4. The Morgan fingerprint density at radius 2 is 1.53 bits per heavy atom. The maximum absolute atomic E-state index is 15.0. The Hall–Kier alpha value is -4.29. The molecule has 6 nitrogen and oxygen atoms in total. The highest BCUT2D eigenvalue weighted by Gasteiger charge is 2.66. The first-order chi connectivity index (χ1) is 21.5. The lowest BCUT2D eigenvalue weighted by Gasteiger charge is -2.55. The van der Waals surface area contributed by atoms with Crippen molar-refractivity contribution in [2.75, 3.05) is 0 Å². The topological polar surface area (TPSA) is 91.8 Å². The first-order valence-corrected chi connectivity index (χ1v) is 15.8. The lowest BCUT2D eigenvalue weighted by Crippen LogP contribution is -2.59. The van der Waals surface area contributed by atoms with E-state index < -0.39 is 40.5 Å². The number of benzene rings is 3. The molecule has 2 amide bonds. The number of hydrogen-bond donors (Lipinski definition) is 1. The van der Waals surface area contributed by atoms with E-state index in [9.17, 15) is 24.3 Å². The van der Waals surface area contributed by atoms with Crippen molar-refractivity contribution in [2.24, 2.45) is 23.7 Å². The molecule has 3 aliphatic carbocycles. The van der Waals surface area contributed by atoms with Crippen LogP contribution in [-0.2, 0) is 24.6 Å². The molecule has 4 aliphatic rings. The van der Waals surface area contributed by atoms with Crippen LogP contribution in [0.2, 0.25) is 5.02 Å². The van der Waals surface area contributed by atoms with E-state index in [0.717, 1.165) is 5.57 Å². The van der Waals surface area contributed by atoms with E-state index in [0.29, 0.717) is 33.7 Å². The molecule has 1 heterocycles. The number of phenols is 1. The third kappa shape index (κ3) is 4.22. The van der Waals surface area contributed by atoms with Gasteiger partial charge in [-0.15, -0.1) is 0 Å². The number of likely N-dealkylation sites (tertiary alicyclic amines) is 1. The normalized spacial score (nSPS) is 29.5. The Morgan fingerprint density at radius 3 is 2.20 bits per heavy atom. The Morgan fingerprint density at radius 1 is 0.867 bits per heavy atom. The summed E-state index contributed by atoms with van der Waals surface area (Å²) in [7, 11) is 0. The lowest BCUT2D eigenvalue weighted by molar-refractivity contribution is -0.145. The van der Waals surface area contributed by atoms with Crippen molar-refractivity contribution in [1.29, 1.82) is 0 Å². The molecule has 1 saturated carbocycles. The SMILES string of the molecule is CC(C)(C)N1C(=O)[C@H]2[C@H](CC=C3[C@H]2C[C@H]2C(=O)C(c4ccccc4)=CC(=O)[C@@]2(c2ccccc2)[C@H]3c2cc(Cl)ccc2O)C1=O. The fraction of sp³-hybridized carbons (Fsp3) is 0.316. The molecule has 2 fully saturated rings. The van der Waals surface area contributed by atoms with Gasteiger partial charge in [-0.1, -0.05) is 83.9 Å². The van der Waals surface area contributed by atoms with Gasteiger partial charge in [0.15, 0.2) is 11.6 Å². The highest BCUT2D eigenvalue weighted by atomic mass is 35.5. The van der Waals surface area contributed by atoms with E-state index in [2.05, 4.69) is 0 Å². The highest BCUT2D eigenvalue weighted by Crippen LogP contribution is 2.64. The van der Waals surface area contributed by atoms with Crippen molar-refractivity contribution in [3.05, 3.63) is 118 Å². The van der Waals surface area contributed by atoms with Crippen molar-refractivity contribution in [1.82, 2.24) is 4.90 Å². The first-order valence-electron chi connectivity index (χ1n) is 15.4. The van der Waals surface area contributed by atoms with Crippen LogP contribution in [0.5, 0.6) is 5.75 Å². The zero-order valence-electron chi connectivity index (χ0n) is 25.4. The van der Waals surface area contributed by atoms with Crippen LogP contribution in [0.25, 0.3) is 5.57 Å². The van der Waals surface area contributed by atoms with E-state index in [1.165, 1.54) is 17.0 Å². The highest BCUT2D eigenvalue weighted by molar-refractivity contribution is 6.32. The molecule has 0 aromatic heterocycles. The number of nitrogens with zero attached hydrogens (tertiary/aromatic N) is 1. The summed E-state index contributed by atoms with van der Waals surface area (Å²) in [6, 6.07) is 23.2. The molecular formula is C38H34ClNO5. The van der Waals surface area contributed by atoms with Gasteiger partial charge in [-0.3, -0.25) is 24.1 Å². The molecular weight excluding hydrogens is 586 g/mol. The van der Waals surface area contributed by atoms with Gasteiger partial charge in [-0.05, 0) is 74.9 Å². The number of aromatic hydroxyl groups is 1. The summed E-state index contributed by atoms with van der Waals surface area (Å²) in [6.45, 7) is 5.55. The number of halogens is 1. The number of ketones is 2. The molecule has 228 valence electrons. The van der Waals surface area contributed by atoms with Gasteiger partial charge in [0.25, 0.3) is 0 Å². The van der Waals surface area contributed by atoms with Crippen LogP contribution in [0.4, 0.5) is 0 Å². The minimum Gasteiger partial charge on any atom is -0.508 e. The quantitative estimate of drug-likeness (QED) is 0.261. The molecule has 3 aromatic carbocycles. The molecule has 45 heavy (non-hydrogen) atoms. The van der Waals surface area contributed by atoms with Gasteiger partial charge >= 0.3 is 0 Å². The third-order valence-corrected chi connectivity index (χ3v) is 10.6. The van der Waals surface area contributed by atoms with Crippen molar-refractivity contribution in [3.63, 3.8) is 0 Å². The number of carbonyl (C=O) groups excluding carboxylic acids is 4. The average molecular weight is 620 g/mol. The number of carbonyl (C=O) groups is 4. The van der Waals surface area contributed by atoms with Gasteiger partial charge < -0.3 is 5.11 Å². The number of hydrogen-bond acceptors (Lipinski definition) is 5. The van der Waals surface area contributed by atoms with Crippen LogP contribution in [0.3, 0.4) is 0 Å². The molecule has 1 N–H and O–H groups in total. The van der Waals surface area contributed by atoms with Gasteiger partial charge in [0, 0.05) is 33.5 Å². The number of allylic oxidation sites excluding steroid dienone is 4. The standard InChI is InChI=1S/C38H34ClNO5/c1-37(2,3)40-35(44)25-16-15-24-27(32(25)36(40)45)19-29-34(43)26(21-10-6-4-7-11-21)20-31(42)38(29,22-12-8-5-9-13-22)33(24)28-18-23(39)14-17-30(28)41/h4-15,17-18,20,25,27,29,32-33,41H,16,19H2,1-3H3/t25-,27+,29-,32-,33+,38-/m0/s1. The van der Waals surface area contributed by atoms with E-state index >= 15 is 0 Å². The van der Waals surface area contributed by atoms with Crippen LogP contribution in [0, 0.1) is 23.7 Å². The average Bonchev–Trinajstić information content (AvgIpc) is 3.29. The summed E-state index contributed by atoms with van der Waals surface area (Å²) in [6.07, 6.45) is 4.00. The maximum Gasteiger partial charge on any atom is 0.234 e. The smallest absolute Gasteiger partial charge is 0.234 e. The van der Waals surface area contributed by atoms with Crippen molar-refractivity contribution in [2.45, 2.75) is 50.5 Å². The van der Waals surface area contributed by atoms with Crippen molar-refractivity contribution < 1.29 is 24.3 Å². The Bertz CT molecular complexity index is 1820. The van der Waals surface area contributed by atoms with Crippen LogP contribution in [0.15, 0.2) is 96.6 Å². The van der Waals surface area contributed by atoms with Gasteiger partial charge in [0.2, 0.25) is 11.8 Å². The monoisotopic (exact) mass is 619 g/mol. The van der Waals surface area contributed by atoms with Crippen LogP contribution < -0.4 is 0 Å². The number of rotatable bonds is 3. The Kier molecular flexibility index (Phi) is 6.79. The van der Waals surface area contributed by atoms with E-state index in [1.54, 1.807) is 12.1 Å². The van der Waals surface area contributed by atoms with Crippen molar-refractivity contribution >= 4 is 40.6 Å². The summed E-state index contributed by atoms with van der Waals surface area (Å²) < 4.78 is 0. The lowest BCUT2D eigenvalue weighted by atomic mass is 9.44. The summed E-state index contributed by atoms with van der Waals surface area (Å²) in [4.78, 5) is 59.1. The van der Waals surface area contributed by atoms with Crippen LogP contribution >= 0.6 is 11.6 Å². The maximum atomic E-state index is 15.0. The summed E-state index contributed by atoms with van der Waals surface area (Å²) in [5.74, 6) is -4.34. The van der Waals surface area contributed by atoms with Gasteiger partial charge in [0.05, 0.1) is 17.3 Å². The largest absolute Gasteiger partial charge is 0.508 e. The molecule has 7 rings (SSSR count). The Balaban J connectivity index is 1.52. The first kappa shape index (κ1) is 29.4. The molecule has 7 heteroatoms. The zero-order valence-corrected chi connectivity index (χ0v) is 26.1. The molecule has 0 spiro atoms. The molecule has 0 radical (unpaired) electrons. The third-order valence-electron chi connectivity index (χ3n) is 10.3. The second-order valence-electron chi connectivity index (χ2n) is 13.7. The number of fused-ring (bicyclic) bond motifs is 4. The number of amides is 2. The van der Waals surface area contributed by atoms with Crippen LogP contribution in [0.1, 0.15) is 56.2 Å². The molecule has 1 aliphatic heterocycles. The van der Waals surface area contributed by atoms with Crippen molar-refractivity contribution in [3.8, 4) is 5.75 Å². The minimum absolute atomic E-state index is 0.0506. The fourth-order valence-corrected chi connectivity index (χ4v) is 8.82. The second-order valence-corrected chi connectivity index (χ2v) is 14.1. The molecule has 3 aromatic rings. The Labute approximate surface area is 267 Å². The predicted octanol–water partition coefficient (Wildman–Crippen LogP) is 6.67. The zero-order chi connectivity index (χ0) is 31.8. The summed E-state index contributed by atoms with van der Waals surface area (Å²) >= 11 is 6.55. The molecule has 0 bridgehead atoms. The van der Waals surface area contributed by atoms with Gasteiger partial charge in [-0.2, -0.15) is 0 Å². The number of imide groups is 1. The molecule has 1 saturated heterocycles. The number of phenolic OH excluding ortho intramolecular Hbond substituents is 1. The van der Waals surface area contributed by atoms with E-state index in [1.807, 2.05) is 87.5 Å². The summed E-state index contributed by atoms with van der Waals surface area (Å²) in [5, 5.41) is 11.8.